The van der Waals surface area contributed by atoms with Crippen molar-refractivity contribution in [3.63, 3.8) is 0 Å². The molecule has 5 rings (SSSR count). The van der Waals surface area contributed by atoms with Crippen LogP contribution in [0.5, 0.6) is 11.5 Å². The van der Waals surface area contributed by atoms with Gasteiger partial charge in [-0.15, -0.1) is 0 Å². The fourth-order valence-electron chi connectivity index (χ4n) is 4.65. The Morgan fingerprint density at radius 2 is 1.49 bits per heavy atom. The Kier molecular flexibility index (Phi) is 6.86. The first-order chi connectivity index (χ1) is 18.0. The standard InChI is InChI=1S/C32H27NO4/c1-22-9-8-12-24(21-22)30-29(28(34)20-15-23-10-4-2-5-11-23)31(35)32(36)33(30)25-16-18-27(19-17-25)37-26-13-6-3-7-14-26/h2-14,16-19,21,30,35H,15,20H2,1H3. The van der Waals surface area contributed by atoms with Gasteiger partial charge in [0.05, 0.1) is 11.6 Å². The SMILES string of the molecule is Cc1cccc(C2C(C(=O)CCc3ccccc3)=C(O)C(=O)N2c2ccc(Oc3ccccc3)cc2)c1. The molecule has 0 spiro atoms. The van der Waals surface area contributed by atoms with Crippen molar-refractivity contribution in [2.24, 2.45) is 0 Å². The van der Waals surface area contributed by atoms with Crippen LogP contribution >= 0.6 is 0 Å². The lowest BCUT2D eigenvalue weighted by atomic mass is 9.92. The van der Waals surface area contributed by atoms with Crippen molar-refractivity contribution >= 4 is 17.4 Å². The van der Waals surface area contributed by atoms with E-state index in [0.29, 0.717) is 23.6 Å². The summed E-state index contributed by atoms with van der Waals surface area (Å²) in [5.74, 6) is -0.00555. The number of rotatable bonds is 8. The molecule has 1 N–H and O–H groups in total. The van der Waals surface area contributed by atoms with Crippen molar-refractivity contribution in [1.29, 1.82) is 0 Å². The summed E-state index contributed by atoms with van der Waals surface area (Å²) in [5, 5.41) is 11.0. The van der Waals surface area contributed by atoms with Gasteiger partial charge in [0.15, 0.2) is 11.5 Å². The lowest BCUT2D eigenvalue weighted by Gasteiger charge is -2.27. The van der Waals surface area contributed by atoms with Crippen LogP contribution in [0.1, 0.15) is 29.2 Å². The Balaban J connectivity index is 1.46. The molecule has 0 fully saturated rings. The minimum absolute atomic E-state index is 0.135. The number of para-hydroxylation sites is 1. The Morgan fingerprint density at radius 3 is 2.16 bits per heavy atom. The van der Waals surface area contributed by atoms with Crippen LogP contribution in [0.25, 0.3) is 0 Å². The molecular weight excluding hydrogens is 462 g/mol. The van der Waals surface area contributed by atoms with Crippen LogP contribution in [-0.4, -0.2) is 16.8 Å². The van der Waals surface area contributed by atoms with Crippen LogP contribution < -0.4 is 9.64 Å². The van der Waals surface area contributed by atoms with Gasteiger partial charge in [-0.2, -0.15) is 0 Å². The summed E-state index contributed by atoms with van der Waals surface area (Å²) in [6, 6.07) is 33.2. The number of ether oxygens (including phenoxy) is 1. The minimum Gasteiger partial charge on any atom is -0.503 e. The first-order valence-electron chi connectivity index (χ1n) is 12.2. The first kappa shape index (κ1) is 24.1. The smallest absolute Gasteiger partial charge is 0.294 e. The van der Waals surface area contributed by atoms with Crippen LogP contribution in [0.2, 0.25) is 0 Å². The minimum atomic E-state index is -0.725. The number of hydrogen-bond donors (Lipinski definition) is 1. The summed E-state index contributed by atoms with van der Waals surface area (Å²) in [4.78, 5) is 28.3. The number of amides is 1. The molecule has 1 aliphatic heterocycles. The average Bonchev–Trinajstić information content (AvgIpc) is 3.19. The molecule has 4 aromatic rings. The number of benzene rings is 4. The second kappa shape index (κ2) is 10.5. The highest BCUT2D eigenvalue weighted by Crippen LogP contribution is 2.42. The van der Waals surface area contributed by atoms with Gasteiger partial charge in [0.1, 0.15) is 11.5 Å². The second-order valence-electron chi connectivity index (χ2n) is 9.07. The molecule has 37 heavy (non-hydrogen) atoms. The summed E-state index contributed by atoms with van der Waals surface area (Å²) in [6.45, 7) is 1.96. The number of aliphatic hydroxyl groups is 1. The van der Waals surface area contributed by atoms with Crippen LogP contribution in [0.4, 0.5) is 5.69 Å². The van der Waals surface area contributed by atoms with E-state index in [4.69, 9.17) is 4.74 Å². The summed E-state index contributed by atoms with van der Waals surface area (Å²) in [6.07, 6.45) is 0.716. The van der Waals surface area contributed by atoms with Crippen LogP contribution in [-0.2, 0) is 16.0 Å². The summed E-state index contributed by atoms with van der Waals surface area (Å²) >= 11 is 0. The molecular formula is C32H27NO4. The molecule has 1 atom stereocenters. The number of anilines is 1. The quantitative estimate of drug-likeness (QED) is 0.293. The van der Waals surface area contributed by atoms with Gasteiger partial charge < -0.3 is 9.84 Å². The zero-order chi connectivity index (χ0) is 25.8. The molecule has 184 valence electrons. The Bertz CT molecular complexity index is 1440. The fourth-order valence-corrected chi connectivity index (χ4v) is 4.65. The highest BCUT2D eigenvalue weighted by atomic mass is 16.5. The van der Waals surface area contributed by atoms with E-state index in [0.717, 1.165) is 16.7 Å². The molecule has 1 aliphatic rings. The van der Waals surface area contributed by atoms with Crippen LogP contribution in [0, 0.1) is 6.92 Å². The van der Waals surface area contributed by atoms with Gasteiger partial charge in [-0.1, -0.05) is 78.4 Å². The van der Waals surface area contributed by atoms with Crippen molar-refractivity contribution in [3.8, 4) is 11.5 Å². The number of Topliss-reactive ketones (excluding diaryl/α,β-unsaturated/α-hetero) is 1. The van der Waals surface area contributed by atoms with E-state index >= 15 is 0 Å². The molecule has 1 unspecified atom stereocenters. The van der Waals surface area contributed by atoms with Crippen molar-refractivity contribution in [3.05, 3.63) is 137 Å². The second-order valence-corrected chi connectivity index (χ2v) is 9.07. The maximum absolute atomic E-state index is 13.5. The van der Waals surface area contributed by atoms with Crippen LogP contribution in [0.3, 0.4) is 0 Å². The molecule has 5 heteroatoms. The van der Waals surface area contributed by atoms with Crippen molar-refractivity contribution in [2.45, 2.75) is 25.8 Å². The van der Waals surface area contributed by atoms with E-state index in [9.17, 15) is 14.7 Å². The molecule has 0 aromatic heterocycles. The predicted octanol–water partition coefficient (Wildman–Crippen LogP) is 6.89. The van der Waals surface area contributed by atoms with E-state index in [1.165, 1.54) is 4.90 Å². The highest BCUT2D eigenvalue weighted by molar-refractivity contribution is 6.16. The zero-order valence-electron chi connectivity index (χ0n) is 20.5. The largest absolute Gasteiger partial charge is 0.503 e. The first-order valence-corrected chi connectivity index (χ1v) is 12.2. The highest BCUT2D eigenvalue weighted by Gasteiger charge is 2.44. The third-order valence-electron chi connectivity index (χ3n) is 6.44. The van der Waals surface area contributed by atoms with Gasteiger partial charge in [-0.3, -0.25) is 14.5 Å². The summed E-state index contributed by atoms with van der Waals surface area (Å²) < 4.78 is 5.89. The molecule has 5 nitrogen and oxygen atoms in total. The van der Waals surface area contributed by atoms with E-state index in [1.807, 2.05) is 91.9 Å². The number of carbonyl (C=O) groups excluding carboxylic acids is 2. The van der Waals surface area contributed by atoms with Crippen LogP contribution in [0.15, 0.2) is 121 Å². The molecule has 0 aliphatic carbocycles. The Hall–Kier alpha value is -4.64. The van der Waals surface area contributed by atoms with Gasteiger partial charge in [0, 0.05) is 12.1 Å². The Morgan fingerprint density at radius 1 is 0.838 bits per heavy atom. The number of nitrogens with zero attached hydrogens (tertiary/aromatic N) is 1. The number of ketones is 1. The van der Waals surface area contributed by atoms with E-state index in [1.54, 1.807) is 24.3 Å². The van der Waals surface area contributed by atoms with Gasteiger partial charge in [0.25, 0.3) is 5.91 Å². The summed E-state index contributed by atoms with van der Waals surface area (Å²) in [5.41, 5.74) is 3.49. The summed E-state index contributed by atoms with van der Waals surface area (Å²) in [7, 11) is 0. The molecule has 0 radical (unpaired) electrons. The molecule has 4 aromatic carbocycles. The molecule has 1 amide bonds. The van der Waals surface area contributed by atoms with Crippen molar-refractivity contribution in [1.82, 2.24) is 0 Å². The van der Waals surface area contributed by atoms with E-state index in [2.05, 4.69) is 0 Å². The predicted molar refractivity (Wildman–Crippen MR) is 144 cm³/mol. The monoisotopic (exact) mass is 489 g/mol. The topological polar surface area (TPSA) is 66.8 Å². The van der Waals surface area contributed by atoms with E-state index in [-0.39, 0.29) is 17.8 Å². The number of carbonyl (C=O) groups is 2. The lowest BCUT2D eigenvalue weighted by Crippen LogP contribution is -2.31. The zero-order valence-corrected chi connectivity index (χ0v) is 20.5. The van der Waals surface area contributed by atoms with Gasteiger partial charge >= 0.3 is 0 Å². The lowest BCUT2D eigenvalue weighted by molar-refractivity contribution is -0.118. The third kappa shape index (κ3) is 5.16. The molecule has 0 bridgehead atoms. The van der Waals surface area contributed by atoms with E-state index < -0.39 is 17.7 Å². The number of aliphatic hydroxyl groups excluding tert-OH is 1. The number of aryl methyl sites for hydroxylation is 2. The van der Waals surface area contributed by atoms with Gasteiger partial charge in [0.2, 0.25) is 0 Å². The third-order valence-corrected chi connectivity index (χ3v) is 6.44. The van der Waals surface area contributed by atoms with Gasteiger partial charge in [-0.25, -0.2) is 0 Å². The maximum Gasteiger partial charge on any atom is 0.294 e. The van der Waals surface area contributed by atoms with Crippen molar-refractivity contribution in [2.75, 3.05) is 4.90 Å². The normalized spacial score (nSPS) is 15.2. The number of hydrogen-bond acceptors (Lipinski definition) is 4. The Labute approximate surface area is 216 Å². The average molecular weight is 490 g/mol. The fraction of sp³-hybridized carbons (Fsp3) is 0.125. The maximum atomic E-state index is 13.5. The molecule has 0 saturated heterocycles. The van der Waals surface area contributed by atoms with Crippen molar-refractivity contribution < 1.29 is 19.4 Å². The van der Waals surface area contributed by atoms with Gasteiger partial charge in [-0.05, 0) is 60.9 Å². The molecule has 0 saturated carbocycles. The molecule has 1 heterocycles.